The van der Waals surface area contributed by atoms with E-state index in [1.54, 1.807) is 24.3 Å². The van der Waals surface area contributed by atoms with Gasteiger partial charge in [0.05, 0.1) is 19.3 Å². The van der Waals surface area contributed by atoms with Crippen LogP contribution in [0.25, 0.3) is 0 Å². The number of carbonyl (C=O) groups is 2. The minimum atomic E-state index is -0.699. The molecule has 1 unspecified atom stereocenters. The van der Waals surface area contributed by atoms with Crippen molar-refractivity contribution in [1.29, 1.82) is 0 Å². The SMILES string of the molecule is Cc1cccc(C(CNC(=O)C(=O)Nc2ccc(N)cc2)N2CCOCC2)c1. The monoisotopic (exact) mass is 382 g/mol. The highest BCUT2D eigenvalue weighted by molar-refractivity contribution is 6.39. The zero-order chi connectivity index (χ0) is 19.9. The van der Waals surface area contributed by atoms with Crippen LogP contribution in [-0.4, -0.2) is 49.6 Å². The molecule has 28 heavy (non-hydrogen) atoms. The summed E-state index contributed by atoms with van der Waals surface area (Å²) in [5, 5.41) is 5.35. The highest BCUT2D eigenvalue weighted by atomic mass is 16.5. The van der Waals surface area contributed by atoms with E-state index >= 15 is 0 Å². The van der Waals surface area contributed by atoms with Gasteiger partial charge in [-0.2, -0.15) is 0 Å². The van der Waals surface area contributed by atoms with Gasteiger partial charge in [-0.1, -0.05) is 29.8 Å². The first-order valence-corrected chi connectivity index (χ1v) is 9.36. The fraction of sp³-hybridized carbons (Fsp3) is 0.333. The van der Waals surface area contributed by atoms with Gasteiger partial charge in [-0.3, -0.25) is 14.5 Å². The van der Waals surface area contributed by atoms with Gasteiger partial charge in [0.1, 0.15) is 0 Å². The fourth-order valence-corrected chi connectivity index (χ4v) is 3.25. The van der Waals surface area contributed by atoms with Crippen molar-refractivity contribution in [3.05, 3.63) is 59.7 Å². The Labute approximate surface area is 164 Å². The molecule has 1 aliphatic heterocycles. The number of anilines is 2. The average molecular weight is 382 g/mol. The number of aryl methyl sites for hydroxylation is 1. The Morgan fingerprint density at radius 2 is 1.82 bits per heavy atom. The summed E-state index contributed by atoms with van der Waals surface area (Å²) in [7, 11) is 0. The molecule has 148 valence electrons. The second kappa shape index (κ2) is 9.34. The van der Waals surface area contributed by atoms with E-state index in [0.717, 1.165) is 24.2 Å². The van der Waals surface area contributed by atoms with E-state index < -0.39 is 11.8 Å². The molecule has 7 nitrogen and oxygen atoms in total. The largest absolute Gasteiger partial charge is 0.399 e. The molecule has 0 bridgehead atoms. The molecule has 0 aliphatic carbocycles. The van der Waals surface area contributed by atoms with E-state index in [0.29, 0.717) is 31.1 Å². The third-order valence-electron chi connectivity index (χ3n) is 4.74. The minimum Gasteiger partial charge on any atom is -0.399 e. The van der Waals surface area contributed by atoms with Crippen molar-refractivity contribution < 1.29 is 14.3 Å². The summed E-state index contributed by atoms with van der Waals surface area (Å²) >= 11 is 0. The van der Waals surface area contributed by atoms with Gasteiger partial charge >= 0.3 is 11.8 Å². The number of ether oxygens (including phenoxy) is 1. The molecular formula is C21H26N4O3. The normalized spacial score (nSPS) is 15.6. The molecule has 4 N–H and O–H groups in total. The molecule has 1 heterocycles. The standard InChI is InChI=1S/C21H26N4O3/c1-15-3-2-4-16(13-15)19(25-9-11-28-12-10-25)14-23-20(26)21(27)24-18-7-5-17(22)6-8-18/h2-8,13,19H,9-12,14,22H2,1H3,(H,23,26)(H,24,27). The molecule has 1 aliphatic rings. The average Bonchev–Trinajstić information content (AvgIpc) is 2.70. The number of benzene rings is 2. The highest BCUT2D eigenvalue weighted by Gasteiger charge is 2.24. The van der Waals surface area contributed by atoms with Crippen molar-refractivity contribution in [2.24, 2.45) is 0 Å². The molecule has 3 rings (SSSR count). The Morgan fingerprint density at radius 3 is 2.50 bits per heavy atom. The van der Waals surface area contributed by atoms with Crippen molar-refractivity contribution in [1.82, 2.24) is 10.2 Å². The Hall–Kier alpha value is -2.90. The Morgan fingerprint density at radius 1 is 1.11 bits per heavy atom. The molecule has 1 saturated heterocycles. The molecule has 7 heteroatoms. The quantitative estimate of drug-likeness (QED) is 0.540. The van der Waals surface area contributed by atoms with Crippen LogP contribution in [0.1, 0.15) is 17.2 Å². The number of carbonyl (C=O) groups excluding carboxylic acids is 2. The highest BCUT2D eigenvalue weighted by Crippen LogP contribution is 2.22. The minimum absolute atomic E-state index is 0.0166. The number of nitrogens with two attached hydrogens (primary N) is 1. The smallest absolute Gasteiger partial charge is 0.313 e. The summed E-state index contributed by atoms with van der Waals surface area (Å²) in [4.78, 5) is 26.8. The van der Waals surface area contributed by atoms with E-state index in [2.05, 4.69) is 21.6 Å². The van der Waals surface area contributed by atoms with Gasteiger partial charge in [-0.15, -0.1) is 0 Å². The number of nitrogens with one attached hydrogen (secondary N) is 2. The molecule has 0 saturated carbocycles. The lowest BCUT2D eigenvalue weighted by Gasteiger charge is -2.35. The summed E-state index contributed by atoms with van der Waals surface area (Å²) in [6.07, 6.45) is 0. The van der Waals surface area contributed by atoms with Gasteiger partial charge in [0.2, 0.25) is 0 Å². The number of nitrogen functional groups attached to an aromatic ring is 1. The zero-order valence-corrected chi connectivity index (χ0v) is 16.0. The lowest BCUT2D eigenvalue weighted by molar-refractivity contribution is -0.136. The molecule has 2 aromatic rings. The number of hydrogen-bond acceptors (Lipinski definition) is 5. The fourth-order valence-electron chi connectivity index (χ4n) is 3.25. The van der Waals surface area contributed by atoms with Crippen LogP contribution in [0.3, 0.4) is 0 Å². The predicted molar refractivity (Wildman–Crippen MR) is 109 cm³/mol. The first kappa shape index (κ1) is 19.9. The summed E-state index contributed by atoms with van der Waals surface area (Å²) in [5.41, 5.74) is 9.01. The van der Waals surface area contributed by atoms with Gasteiger partial charge in [-0.05, 0) is 36.8 Å². The second-order valence-corrected chi connectivity index (χ2v) is 6.86. The van der Waals surface area contributed by atoms with Crippen LogP contribution in [-0.2, 0) is 14.3 Å². The van der Waals surface area contributed by atoms with E-state index in [1.807, 2.05) is 25.1 Å². The van der Waals surface area contributed by atoms with Gasteiger partial charge in [0.15, 0.2) is 0 Å². The molecule has 1 fully saturated rings. The predicted octanol–water partition coefficient (Wildman–Crippen LogP) is 1.71. The number of nitrogens with zero attached hydrogens (tertiary/aromatic N) is 1. The number of morpholine rings is 1. The van der Waals surface area contributed by atoms with E-state index in [4.69, 9.17) is 10.5 Å². The van der Waals surface area contributed by atoms with Crippen LogP contribution in [0.2, 0.25) is 0 Å². The summed E-state index contributed by atoms with van der Waals surface area (Å²) < 4.78 is 5.45. The third-order valence-corrected chi connectivity index (χ3v) is 4.74. The maximum Gasteiger partial charge on any atom is 0.313 e. The van der Waals surface area contributed by atoms with Crippen LogP contribution in [0.5, 0.6) is 0 Å². The number of amides is 2. The topological polar surface area (TPSA) is 96.7 Å². The molecule has 0 radical (unpaired) electrons. The van der Waals surface area contributed by atoms with Crippen LogP contribution in [0.15, 0.2) is 48.5 Å². The van der Waals surface area contributed by atoms with Crippen LogP contribution in [0.4, 0.5) is 11.4 Å². The van der Waals surface area contributed by atoms with Gasteiger partial charge in [0.25, 0.3) is 0 Å². The van der Waals surface area contributed by atoms with Crippen molar-refractivity contribution >= 4 is 23.2 Å². The Kier molecular flexibility index (Phi) is 6.62. The molecule has 0 spiro atoms. The Bertz CT molecular complexity index is 817. The molecule has 1 atom stereocenters. The molecule has 2 amide bonds. The first-order chi connectivity index (χ1) is 13.5. The molecular weight excluding hydrogens is 356 g/mol. The second-order valence-electron chi connectivity index (χ2n) is 6.86. The first-order valence-electron chi connectivity index (χ1n) is 9.36. The third kappa shape index (κ3) is 5.31. The van der Waals surface area contributed by atoms with Gasteiger partial charge in [-0.25, -0.2) is 0 Å². The van der Waals surface area contributed by atoms with E-state index in [1.165, 1.54) is 0 Å². The Balaban J connectivity index is 1.64. The summed E-state index contributed by atoms with van der Waals surface area (Å²) in [5.74, 6) is -1.36. The van der Waals surface area contributed by atoms with Gasteiger partial charge in [0, 0.05) is 31.0 Å². The lowest BCUT2D eigenvalue weighted by atomic mass is 10.0. The van der Waals surface area contributed by atoms with Crippen molar-refractivity contribution in [3.8, 4) is 0 Å². The number of hydrogen-bond donors (Lipinski definition) is 3. The van der Waals surface area contributed by atoms with Crippen molar-refractivity contribution in [2.45, 2.75) is 13.0 Å². The molecule has 2 aromatic carbocycles. The maximum absolute atomic E-state index is 12.3. The van der Waals surface area contributed by atoms with Crippen molar-refractivity contribution in [3.63, 3.8) is 0 Å². The van der Waals surface area contributed by atoms with Crippen molar-refractivity contribution in [2.75, 3.05) is 43.9 Å². The lowest BCUT2D eigenvalue weighted by Crippen LogP contribution is -2.45. The molecule has 0 aromatic heterocycles. The van der Waals surface area contributed by atoms with Crippen LogP contribution < -0.4 is 16.4 Å². The van der Waals surface area contributed by atoms with Gasteiger partial charge < -0.3 is 21.1 Å². The zero-order valence-electron chi connectivity index (χ0n) is 16.0. The van der Waals surface area contributed by atoms with E-state index in [9.17, 15) is 9.59 Å². The number of rotatable bonds is 5. The summed E-state index contributed by atoms with van der Waals surface area (Å²) in [6, 6.07) is 14.8. The van der Waals surface area contributed by atoms with Crippen LogP contribution >= 0.6 is 0 Å². The summed E-state index contributed by atoms with van der Waals surface area (Å²) in [6.45, 7) is 5.27. The van der Waals surface area contributed by atoms with Crippen LogP contribution in [0, 0.1) is 6.92 Å². The maximum atomic E-state index is 12.3. The van der Waals surface area contributed by atoms with E-state index in [-0.39, 0.29) is 6.04 Å².